The maximum absolute atomic E-state index is 12.8. The van der Waals surface area contributed by atoms with E-state index in [0.29, 0.717) is 19.3 Å². The molecular weight excluding hydrogens is 355 g/mol. The SMILES string of the molecule is O=C(NNC1=C(C(=O)C(F)(F)F)CCCCC1)c1cccc([N+](=O)[O-])c1. The second kappa shape index (κ2) is 7.98. The first kappa shape index (κ1) is 19.4. The summed E-state index contributed by atoms with van der Waals surface area (Å²) < 4.78 is 38.3. The lowest BCUT2D eigenvalue weighted by molar-refractivity contribution is -0.384. The lowest BCUT2D eigenvalue weighted by Crippen LogP contribution is -2.38. The summed E-state index contributed by atoms with van der Waals surface area (Å²) in [6.07, 6.45) is -3.15. The van der Waals surface area contributed by atoms with Crippen LogP contribution < -0.4 is 10.9 Å². The van der Waals surface area contributed by atoms with Crippen molar-refractivity contribution < 1.29 is 27.7 Å². The number of nitrogens with one attached hydrogen (secondary N) is 2. The van der Waals surface area contributed by atoms with Gasteiger partial charge < -0.3 is 5.43 Å². The molecule has 140 valence electrons. The van der Waals surface area contributed by atoms with E-state index >= 15 is 0 Å². The molecule has 0 heterocycles. The highest BCUT2D eigenvalue weighted by molar-refractivity contribution is 6.00. The van der Waals surface area contributed by atoms with Gasteiger partial charge in [0.15, 0.2) is 0 Å². The molecule has 0 saturated carbocycles. The molecule has 0 aliphatic heterocycles. The standard InChI is InChI=1S/C16H16F3N3O4/c17-16(18,19)14(23)12-7-2-1-3-8-13(12)20-21-15(24)10-5-4-6-11(9-10)22(25)26/h4-6,9,20H,1-3,7-8H2,(H,21,24). The van der Waals surface area contributed by atoms with E-state index in [2.05, 4.69) is 10.9 Å². The number of benzene rings is 1. The first-order chi connectivity index (χ1) is 12.2. The molecule has 26 heavy (non-hydrogen) atoms. The number of carbonyl (C=O) groups is 2. The summed E-state index contributed by atoms with van der Waals surface area (Å²) in [7, 11) is 0. The maximum atomic E-state index is 12.8. The zero-order valence-electron chi connectivity index (χ0n) is 13.6. The summed E-state index contributed by atoms with van der Waals surface area (Å²) >= 11 is 0. The predicted octanol–water partition coefficient (Wildman–Crippen LogP) is 3.18. The van der Waals surface area contributed by atoms with E-state index in [0.717, 1.165) is 6.07 Å². The van der Waals surface area contributed by atoms with Crippen molar-refractivity contribution in [2.45, 2.75) is 38.3 Å². The largest absolute Gasteiger partial charge is 0.454 e. The highest BCUT2D eigenvalue weighted by Gasteiger charge is 2.41. The molecule has 0 fully saturated rings. The molecule has 0 atom stereocenters. The number of amides is 1. The summed E-state index contributed by atoms with van der Waals surface area (Å²) in [5.41, 5.74) is 3.90. The Morgan fingerprint density at radius 3 is 2.46 bits per heavy atom. The third-order valence-corrected chi connectivity index (χ3v) is 3.90. The maximum Gasteiger partial charge on any atom is 0.454 e. The number of nitrogens with zero attached hydrogens (tertiary/aromatic N) is 1. The molecule has 0 spiro atoms. The van der Waals surface area contributed by atoms with E-state index in [1.165, 1.54) is 18.2 Å². The minimum absolute atomic E-state index is 0.0172. The summed E-state index contributed by atoms with van der Waals surface area (Å²) in [6, 6.07) is 4.89. The Labute approximate surface area is 146 Å². The number of non-ortho nitro benzene ring substituents is 1. The fraction of sp³-hybridized carbons (Fsp3) is 0.375. The first-order valence-corrected chi connectivity index (χ1v) is 7.84. The molecule has 1 amide bonds. The number of hydrazine groups is 1. The number of rotatable bonds is 5. The van der Waals surface area contributed by atoms with Crippen LogP contribution in [0.4, 0.5) is 18.9 Å². The van der Waals surface area contributed by atoms with Crippen molar-refractivity contribution in [3.05, 3.63) is 51.2 Å². The average molecular weight is 371 g/mol. The molecule has 7 nitrogen and oxygen atoms in total. The number of hydrogen-bond donors (Lipinski definition) is 2. The number of halogens is 3. The number of nitro benzene ring substituents is 1. The van der Waals surface area contributed by atoms with Crippen molar-refractivity contribution in [2.75, 3.05) is 0 Å². The number of carbonyl (C=O) groups excluding carboxylic acids is 2. The van der Waals surface area contributed by atoms with Crippen molar-refractivity contribution in [1.29, 1.82) is 0 Å². The molecule has 1 aliphatic rings. The monoisotopic (exact) mass is 371 g/mol. The predicted molar refractivity (Wildman–Crippen MR) is 84.9 cm³/mol. The van der Waals surface area contributed by atoms with E-state index in [4.69, 9.17) is 0 Å². The van der Waals surface area contributed by atoms with Gasteiger partial charge in [0.05, 0.1) is 4.92 Å². The number of nitro groups is 1. The van der Waals surface area contributed by atoms with E-state index in [-0.39, 0.29) is 29.8 Å². The van der Waals surface area contributed by atoms with Gasteiger partial charge in [-0.25, -0.2) is 0 Å². The quantitative estimate of drug-likeness (QED) is 0.611. The van der Waals surface area contributed by atoms with Gasteiger partial charge in [-0.1, -0.05) is 12.5 Å². The second-order valence-corrected chi connectivity index (χ2v) is 5.73. The van der Waals surface area contributed by atoms with Gasteiger partial charge in [-0.05, 0) is 31.7 Å². The Bertz CT molecular complexity index is 759. The van der Waals surface area contributed by atoms with Crippen molar-refractivity contribution in [3.8, 4) is 0 Å². The molecule has 0 bridgehead atoms. The normalized spacial score (nSPS) is 15.2. The Morgan fingerprint density at radius 2 is 1.81 bits per heavy atom. The van der Waals surface area contributed by atoms with Crippen LogP contribution in [0.1, 0.15) is 42.5 Å². The molecule has 1 aromatic carbocycles. The smallest absolute Gasteiger partial charge is 0.302 e. The van der Waals surface area contributed by atoms with Crippen LogP contribution in [0, 0.1) is 10.1 Å². The number of allylic oxidation sites excluding steroid dienone is 2. The highest BCUT2D eigenvalue weighted by atomic mass is 19.4. The Kier molecular flexibility index (Phi) is 5.96. The number of alkyl halides is 3. The molecule has 2 N–H and O–H groups in total. The first-order valence-electron chi connectivity index (χ1n) is 7.84. The van der Waals surface area contributed by atoms with Gasteiger partial charge in [0, 0.05) is 29.0 Å². The fourth-order valence-electron chi connectivity index (χ4n) is 2.61. The van der Waals surface area contributed by atoms with Gasteiger partial charge >= 0.3 is 6.18 Å². The summed E-state index contributed by atoms with van der Waals surface area (Å²) in [5.74, 6) is -2.68. The Balaban J connectivity index is 2.17. The zero-order chi connectivity index (χ0) is 19.3. The van der Waals surface area contributed by atoms with E-state index in [1.54, 1.807) is 0 Å². The molecule has 0 radical (unpaired) electrons. The van der Waals surface area contributed by atoms with Crippen molar-refractivity contribution in [2.24, 2.45) is 0 Å². The van der Waals surface area contributed by atoms with Gasteiger partial charge in [0.2, 0.25) is 0 Å². The zero-order valence-corrected chi connectivity index (χ0v) is 13.6. The Morgan fingerprint density at radius 1 is 1.12 bits per heavy atom. The van der Waals surface area contributed by atoms with E-state index in [1.807, 2.05) is 0 Å². The molecule has 10 heteroatoms. The van der Waals surface area contributed by atoms with Crippen LogP contribution in [-0.4, -0.2) is 22.8 Å². The minimum Gasteiger partial charge on any atom is -0.302 e. The topological polar surface area (TPSA) is 101 Å². The lowest BCUT2D eigenvalue weighted by Gasteiger charge is -2.16. The molecular formula is C16H16F3N3O4. The molecule has 1 aliphatic carbocycles. The van der Waals surface area contributed by atoms with Crippen LogP contribution in [0.15, 0.2) is 35.5 Å². The molecule has 0 aromatic heterocycles. The summed E-state index contributed by atoms with van der Waals surface area (Å²) in [5, 5.41) is 10.7. The third-order valence-electron chi connectivity index (χ3n) is 3.90. The van der Waals surface area contributed by atoms with E-state index < -0.39 is 28.4 Å². The van der Waals surface area contributed by atoms with Crippen LogP contribution in [0.3, 0.4) is 0 Å². The van der Waals surface area contributed by atoms with Crippen LogP contribution in [-0.2, 0) is 4.79 Å². The van der Waals surface area contributed by atoms with Gasteiger partial charge in [-0.15, -0.1) is 0 Å². The number of Topliss-reactive ketones (excluding diaryl/α,β-unsaturated/α-hetero) is 1. The number of ketones is 1. The van der Waals surface area contributed by atoms with E-state index in [9.17, 15) is 32.9 Å². The summed E-state index contributed by atoms with van der Waals surface area (Å²) in [4.78, 5) is 33.8. The van der Waals surface area contributed by atoms with Crippen LogP contribution in [0.25, 0.3) is 0 Å². The molecule has 0 unspecified atom stereocenters. The van der Waals surface area contributed by atoms with Gasteiger partial charge in [0.25, 0.3) is 17.4 Å². The van der Waals surface area contributed by atoms with Crippen molar-refractivity contribution in [3.63, 3.8) is 0 Å². The van der Waals surface area contributed by atoms with Crippen LogP contribution in [0.2, 0.25) is 0 Å². The van der Waals surface area contributed by atoms with Gasteiger partial charge in [-0.3, -0.25) is 25.1 Å². The second-order valence-electron chi connectivity index (χ2n) is 5.73. The van der Waals surface area contributed by atoms with Crippen LogP contribution >= 0.6 is 0 Å². The third kappa shape index (κ3) is 4.80. The molecule has 0 saturated heterocycles. The number of hydrogen-bond acceptors (Lipinski definition) is 5. The van der Waals surface area contributed by atoms with Gasteiger partial charge in [-0.2, -0.15) is 13.2 Å². The van der Waals surface area contributed by atoms with Crippen molar-refractivity contribution >= 4 is 17.4 Å². The molecule has 2 rings (SSSR count). The Hall–Kier alpha value is -2.91. The van der Waals surface area contributed by atoms with Gasteiger partial charge in [0.1, 0.15) is 0 Å². The fourth-order valence-corrected chi connectivity index (χ4v) is 2.61. The lowest BCUT2D eigenvalue weighted by atomic mass is 10.0. The summed E-state index contributed by atoms with van der Waals surface area (Å²) in [6.45, 7) is 0. The molecule has 1 aromatic rings. The van der Waals surface area contributed by atoms with Crippen LogP contribution in [0.5, 0.6) is 0 Å². The minimum atomic E-state index is -4.99. The average Bonchev–Trinajstić information content (AvgIpc) is 2.83. The highest BCUT2D eigenvalue weighted by Crippen LogP contribution is 2.29. The van der Waals surface area contributed by atoms with Crippen molar-refractivity contribution in [1.82, 2.24) is 10.9 Å².